The van der Waals surface area contributed by atoms with Crippen LogP contribution in [-0.2, 0) is 4.79 Å². The van der Waals surface area contributed by atoms with Crippen LogP contribution in [0.15, 0.2) is 24.3 Å². The van der Waals surface area contributed by atoms with Crippen molar-refractivity contribution in [1.29, 1.82) is 0 Å². The van der Waals surface area contributed by atoms with Crippen LogP contribution >= 0.6 is 12.6 Å². The Hall–Kier alpha value is -0.960. The minimum atomic E-state index is 0.192. The number of hydrogen-bond acceptors (Lipinski definition) is 2. The van der Waals surface area contributed by atoms with Crippen LogP contribution in [0.2, 0.25) is 0 Å². The van der Waals surface area contributed by atoms with Gasteiger partial charge in [-0.3, -0.25) is 4.79 Å². The van der Waals surface area contributed by atoms with Crippen LogP contribution in [0, 0.1) is 12.3 Å². The Labute approximate surface area is 115 Å². The van der Waals surface area contributed by atoms with Crippen molar-refractivity contribution in [3.8, 4) is 0 Å². The van der Waals surface area contributed by atoms with E-state index in [2.05, 4.69) is 31.7 Å². The topological polar surface area (TPSA) is 20.3 Å². The highest BCUT2D eigenvalue weighted by Gasteiger charge is 2.43. The predicted octanol–water partition coefficient (Wildman–Crippen LogP) is 3.45. The molecule has 1 amide bonds. The van der Waals surface area contributed by atoms with Gasteiger partial charge in [-0.2, -0.15) is 12.6 Å². The zero-order valence-corrected chi connectivity index (χ0v) is 12.0. The summed E-state index contributed by atoms with van der Waals surface area (Å²) in [6.45, 7) is 4.81. The SMILES string of the molecule is CCN(C(=O)CC1(CS)CC1)c1cccc(C)c1. The molecule has 1 aliphatic rings. The molecular formula is C15H21NOS. The Kier molecular flexibility index (Phi) is 4.00. The summed E-state index contributed by atoms with van der Waals surface area (Å²) in [5.41, 5.74) is 2.39. The van der Waals surface area contributed by atoms with Crippen molar-refractivity contribution in [2.45, 2.75) is 33.1 Å². The van der Waals surface area contributed by atoms with Crippen molar-refractivity contribution in [3.63, 3.8) is 0 Å². The van der Waals surface area contributed by atoms with Gasteiger partial charge in [0.1, 0.15) is 0 Å². The summed E-state index contributed by atoms with van der Waals surface area (Å²) >= 11 is 4.37. The van der Waals surface area contributed by atoms with E-state index in [0.717, 1.165) is 30.8 Å². The molecule has 1 aromatic rings. The largest absolute Gasteiger partial charge is 0.313 e. The molecule has 0 heterocycles. The maximum atomic E-state index is 12.4. The number of benzene rings is 1. The van der Waals surface area contributed by atoms with Crippen LogP contribution in [0.4, 0.5) is 5.69 Å². The zero-order chi connectivity index (χ0) is 13.2. The van der Waals surface area contributed by atoms with E-state index in [4.69, 9.17) is 0 Å². The summed E-state index contributed by atoms with van der Waals surface area (Å²) < 4.78 is 0. The van der Waals surface area contributed by atoms with E-state index >= 15 is 0 Å². The minimum Gasteiger partial charge on any atom is -0.313 e. The molecule has 2 rings (SSSR count). The first-order valence-corrected chi connectivity index (χ1v) is 7.21. The number of carbonyl (C=O) groups excluding carboxylic acids is 1. The molecule has 98 valence electrons. The first kappa shape index (κ1) is 13.5. The van der Waals surface area contributed by atoms with Crippen LogP contribution in [0.3, 0.4) is 0 Å². The maximum Gasteiger partial charge on any atom is 0.227 e. The number of amides is 1. The summed E-state index contributed by atoms with van der Waals surface area (Å²) in [7, 11) is 0. The van der Waals surface area contributed by atoms with Crippen LogP contribution in [-0.4, -0.2) is 18.2 Å². The standard InChI is InChI=1S/C15H21NOS/c1-3-16(13-6-4-5-12(2)9-13)14(17)10-15(11-18)7-8-15/h4-6,9,18H,3,7-8,10-11H2,1-2H3. The zero-order valence-electron chi connectivity index (χ0n) is 11.1. The second-order valence-corrected chi connectivity index (χ2v) is 5.63. The van der Waals surface area contributed by atoms with Gasteiger partial charge >= 0.3 is 0 Å². The third-order valence-corrected chi connectivity index (χ3v) is 4.42. The molecule has 0 aromatic heterocycles. The van der Waals surface area contributed by atoms with E-state index in [1.54, 1.807) is 0 Å². The number of nitrogens with zero attached hydrogens (tertiary/aromatic N) is 1. The third kappa shape index (κ3) is 2.89. The summed E-state index contributed by atoms with van der Waals surface area (Å²) in [6.07, 6.45) is 2.93. The lowest BCUT2D eigenvalue weighted by molar-refractivity contribution is -0.119. The third-order valence-electron chi connectivity index (χ3n) is 3.75. The highest BCUT2D eigenvalue weighted by molar-refractivity contribution is 7.80. The summed E-state index contributed by atoms with van der Waals surface area (Å²) in [5, 5.41) is 0. The second-order valence-electron chi connectivity index (χ2n) is 5.31. The van der Waals surface area contributed by atoms with Crippen LogP contribution < -0.4 is 4.90 Å². The molecule has 0 atom stereocenters. The number of thiol groups is 1. The lowest BCUT2D eigenvalue weighted by Crippen LogP contribution is -2.32. The summed E-state index contributed by atoms with van der Waals surface area (Å²) in [6, 6.07) is 8.14. The maximum absolute atomic E-state index is 12.4. The fourth-order valence-electron chi connectivity index (χ4n) is 2.28. The highest BCUT2D eigenvalue weighted by Crippen LogP contribution is 2.50. The first-order chi connectivity index (χ1) is 8.60. The second kappa shape index (κ2) is 5.35. The Morgan fingerprint density at radius 1 is 1.44 bits per heavy atom. The summed E-state index contributed by atoms with van der Waals surface area (Å²) in [4.78, 5) is 14.3. The molecule has 3 heteroatoms. The molecule has 1 saturated carbocycles. The number of rotatable bonds is 5. The Morgan fingerprint density at radius 2 is 2.17 bits per heavy atom. The molecule has 0 N–H and O–H groups in total. The summed E-state index contributed by atoms with van der Waals surface area (Å²) in [5.74, 6) is 1.05. The number of anilines is 1. The molecule has 0 radical (unpaired) electrons. The number of carbonyl (C=O) groups is 1. The average Bonchev–Trinajstić information content (AvgIpc) is 3.10. The average molecular weight is 263 g/mol. The monoisotopic (exact) mass is 263 g/mol. The van der Waals surface area contributed by atoms with E-state index in [1.165, 1.54) is 5.56 Å². The highest BCUT2D eigenvalue weighted by atomic mass is 32.1. The minimum absolute atomic E-state index is 0.192. The predicted molar refractivity (Wildman–Crippen MR) is 79.3 cm³/mol. The van der Waals surface area contributed by atoms with Crippen molar-refractivity contribution < 1.29 is 4.79 Å². The first-order valence-electron chi connectivity index (χ1n) is 6.58. The fourth-order valence-corrected chi connectivity index (χ4v) is 2.71. The molecule has 18 heavy (non-hydrogen) atoms. The molecule has 0 bridgehead atoms. The van der Waals surface area contributed by atoms with Gasteiger partial charge in [-0.15, -0.1) is 0 Å². The van der Waals surface area contributed by atoms with E-state index in [0.29, 0.717) is 6.42 Å². The Morgan fingerprint density at radius 3 is 2.67 bits per heavy atom. The van der Waals surface area contributed by atoms with Crippen molar-refractivity contribution in [3.05, 3.63) is 29.8 Å². The molecule has 0 spiro atoms. The molecule has 1 fully saturated rings. The van der Waals surface area contributed by atoms with Gasteiger partial charge in [0.05, 0.1) is 0 Å². The van der Waals surface area contributed by atoms with Gasteiger partial charge in [-0.25, -0.2) is 0 Å². The van der Waals surface area contributed by atoms with Crippen molar-refractivity contribution in [2.75, 3.05) is 17.2 Å². The molecule has 2 nitrogen and oxygen atoms in total. The van der Waals surface area contributed by atoms with Gasteiger partial charge in [0.25, 0.3) is 0 Å². The molecule has 1 aromatic carbocycles. The van der Waals surface area contributed by atoms with Crippen LogP contribution in [0.5, 0.6) is 0 Å². The molecule has 0 saturated heterocycles. The number of aryl methyl sites for hydroxylation is 1. The van der Waals surface area contributed by atoms with E-state index in [1.807, 2.05) is 24.0 Å². The van der Waals surface area contributed by atoms with Crippen molar-refractivity contribution in [1.82, 2.24) is 0 Å². The Balaban J connectivity index is 2.11. The molecule has 0 aliphatic heterocycles. The quantitative estimate of drug-likeness (QED) is 0.807. The Bertz CT molecular complexity index is 440. The smallest absolute Gasteiger partial charge is 0.227 e. The molecule has 0 unspecified atom stereocenters. The van der Waals surface area contributed by atoms with E-state index in [-0.39, 0.29) is 11.3 Å². The van der Waals surface area contributed by atoms with Crippen molar-refractivity contribution in [2.24, 2.45) is 5.41 Å². The number of hydrogen-bond donors (Lipinski definition) is 1. The van der Waals surface area contributed by atoms with E-state index < -0.39 is 0 Å². The molecule has 1 aliphatic carbocycles. The van der Waals surface area contributed by atoms with Gasteiger partial charge < -0.3 is 4.90 Å². The van der Waals surface area contributed by atoms with Crippen LogP contribution in [0.25, 0.3) is 0 Å². The molecular weight excluding hydrogens is 242 g/mol. The fraction of sp³-hybridized carbons (Fsp3) is 0.533. The van der Waals surface area contributed by atoms with E-state index in [9.17, 15) is 4.79 Å². The van der Waals surface area contributed by atoms with Gasteiger partial charge in [-0.05, 0) is 55.6 Å². The van der Waals surface area contributed by atoms with Gasteiger partial charge in [0.2, 0.25) is 5.91 Å². The lowest BCUT2D eigenvalue weighted by Gasteiger charge is -2.23. The van der Waals surface area contributed by atoms with Gasteiger partial charge in [0, 0.05) is 18.7 Å². The van der Waals surface area contributed by atoms with Gasteiger partial charge in [-0.1, -0.05) is 12.1 Å². The normalized spacial score (nSPS) is 16.4. The lowest BCUT2D eigenvalue weighted by atomic mass is 10.0. The van der Waals surface area contributed by atoms with Gasteiger partial charge in [0.15, 0.2) is 0 Å². The van der Waals surface area contributed by atoms with Crippen molar-refractivity contribution >= 4 is 24.2 Å². The van der Waals surface area contributed by atoms with Crippen LogP contribution in [0.1, 0.15) is 31.7 Å².